The van der Waals surface area contributed by atoms with Gasteiger partial charge in [0, 0.05) is 38.1 Å². The first kappa shape index (κ1) is 19.7. The molecule has 0 aromatic heterocycles. The lowest BCUT2D eigenvalue weighted by Crippen LogP contribution is -2.54. The fourth-order valence-electron chi connectivity index (χ4n) is 4.59. The quantitative estimate of drug-likeness (QED) is 0.726. The van der Waals surface area contributed by atoms with E-state index < -0.39 is 23.8 Å². The average Bonchev–Trinajstić information content (AvgIpc) is 2.81. The van der Waals surface area contributed by atoms with Gasteiger partial charge in [-0.2, -0.15) is 0 Å². The van der Waals surface area contributed by atoms with Crippen molar-refractivity contribution >= 4 is 23.6 Å². The minimum absolute atomic E-state index is 0.118. The number of hydrogen-bond donors (Lipinski definition) is 2. The van der Waals surface area contributed by atoms with Crippen molar-refractivity contribution < 1.29 is 19.2 Å². The van der Waals surface area contributed by atoms with Crippen LogP contribution in [0.25, 0.3) is 0 Å². The zero-order valence-corrected chi connectivity index (χ0v) is 16.7. The summed E-state index contributed by atoms with van der Waals surface area (Å²) in [5.41, 5.74) is 1.53. The number of rotatable bonds is 3. The molecule has 2 saturated heterocycles. The third-order valence-electron chi connectivity index (χ3n) is 6.14. The van der Waals surface area contributed by atoms with Gasteiger partial charge in [-0.3, -0.25) is 34.3 Å². The number of amides is 4. The minimum Gasteiger partial charge on any atom is -0.313 e. The number of fused-ring (bicyclic) bond motifs is 1. The van der Waals surface area contributed by atoms with Crippen LogP contribution >= 0.6 is 0 Å². The Hall–Kier alpha value is -2.58. The second-order valence-electron chi connectivity index (χ2n) is 8.20. The molecule has 3 atom stereocenters. The van der Waals surface area contributed by atoms with Crippen LogP contribution in [-0.4, -0.2) is 64.6 Å². The lowest BCUT2D eigenvalue weighted by molar-refractivity contribution is -0.136. The monoisotopic (exact) mass is 398 g/mol. The molecule has 4 rings (SSSR count). The van der Waals surface area contributed by atoms with Crippen molar-refractivity contribution in [2.45, 2.75) is 57.8 Å². The van der Waals surface area contributed by atoms with Crippen LogP contribution in [0.15, 0.2) is 18.2 Å². The lowest BCUT2D eigenvalue weighted by atomic mass is 10.0. The first-order valence-corrected chi connectivity index (χ1v) is 10.2. The molecule has 0 bridgehead atoms. The van der Waals surface area contributed by atoms with Gasteiger partial charge in [0.05, 0.1) is 11.1 Å². The van der Waals surface area contributed by atoms with Gasteiger partial charge >= 0.3 is 0 Å². The number of hydrogen-bond acceptors (Lipinski definition) is 6. The molecule has 29 heavy (non-hydrogen) atoms. The number of benzene rings is 1. The van der Waals surface area contributed by atoms with Crippen molar-refractivity contribution in [3.63, 3.8) is 0 Å². The normalized spacial score (nSPS) is 28.3. The van der Waals surface area contributed by atoms with E-state index in [0.29, 0.717) is 29.8 Å². The van der Waals surface area contributed by atoms with E-state index in [0.717, 1.165) is 30.0 Å². The Morgan fingerprint density at radius 3 is 2.66 bits per heavy atom. The zero-order chi connectivity index (χ0) is 20.7. The summed E-state index contributed by atoms with van der Waals surface area (Å²) in [7, 11) is 0. The van der Waals surface area contributed by atoms with Gasteiger partial charge in [-0.25, -0.2) is 0 Å². The van der Waals surface area contributed by atoms with Gasteiger partial charge < -0.3 is 5.32 Å². The Morgan fingerprint density at radius 2 is 1.90 bits per heavy atom. The number of carbonyl (C=O) groups is 4. The first-order valence-electron chi connectivity index (χ1n) is 10.2. The highest BCUT2D eigenvalue weighted by atomic mass is 16.2. The molecule has 2 N–H and O–H groups in total. The highest BCUT2D eigenvalue weighted by Gasteiger charge is 2.45. The van der Waals surface area contributed by atoms with Crippen LogP contribution in [-0.2, 0) is 16.1 Å². The molecule has 0 saturated carbocycles. The van der Waals surface area contributed by atoms with Crippen molar-refractivity contribution in [1.82, 2.24) is 20.4 Å². The predicted octanol–water partition coefficient (Wildman–Crippen LogP) is 0.660. The summed E-state index contributed by atoms with van der Waals surface area (Å²) >= 11 is 0. The van der Waals surface area contributed by atoms with E-state index in [1.807, 2.05) is 6.07 Å². The van der Waals surface area contributed by atoms with Gasteiger partial charge in [-0.05, 0) is 38.3 Å². The Kier molecular flexibility index (Phi) is 5.23. The topological polar surface area (TPSA) is 98.8 Å². The van der Waals surface area contributed by atoms with Gasteiger partial charge in [0.25, 0.3) is 11.8 Å². The molecule has 154 valence electrons. The van der Waals surface area contributed by atoms with Gasteiger partial charge in [-0.1, -0.05) is 12.1 Å². The maximum absolute atomic E-state index is 13.2. The molecule has 3 heterocycles. The number of piperidine rings is 1. The summed E-state index contributed by atoms with van der Waals surface area (Å²) in [6.45, 7) is 6.64. The van der Waals surface area contributed by atoms with E-state index in [-0.39, 0.29) is 18.7 Å². The Morgan fingerprint density at radius 1 is 1.10 bits per heavy atom. The molecule has 1 aromatic rings. The minimum atomic E-state index is -0.935. The van der Waals surface area contributed by atoms with E-state index in [1.54, 1.807) is 12.1 Å². The molecule has 2 fully saturated rings. The van der Waals surface area contributed by atoms with E-state index in [1.165, 1.54) is 0 Å². The maximum Gasteiger partial charge on any atom is 0.262 e. The molecular formula is C21H26N4O4. The van der Waals surface area contributed by atoms with Crippen LogP contribution in [0.2, 0.25) is 0 Å². The summed E-state index contributed by atoms with van der Waals surface area (Å²) < 4.78 is 0. The molecule has 4 amide bonds. The molecule has 3 unspecified atom stereocenters. The summed E-state index contributed by atoms with van der Waals surface area (Å²) in [4.78, 5) is 53.2. The zero-order valence-electron chi connectivity index (χ0n) is 16.7. The van der Waals surface area contributed by atoms with E-state index in [9.17, 15) is 19.2 Å². The predicted molar refractivity (Wildman–Crippen MR) is 105 cm³/mol. The smallest absolute Gasteiger partial charge is 0.262 e. The van der Waals surface area contributed by atoms with Gasteiger partial charge in [-0.15, -0.1) is 0 Å². The van der Waals surface area contributed by atoms with E-state index in [2.05, 4.69) is 29.4 Å². The average molecular weight is 398 g/mol. The highest BCUT2D eigenvalue weighted by molar-refractivity contribution is 6.24. The molecule has 1 aromatic carbocycles. The second kappa shape index (κ2) is 7.68. The standard InChI is InChI=1S/C21H26N4O4/c1-12-10-13(2)24(9-8-22-12)11-14-4-3-5-15-18(14)21(29)25(20(15)28)16-6-7-17(26)23-19(16)27/h3-5,12-13,16,22H,6-11H2,1-2H3,(H,23,26,27). The van der Waals surface area contributed by atoms with Gasteiger partial charge in [0.2, 0.25) is 11.8 Å². The Bertz CT molecular complexity index is 883. The molecule has 8 heteroatoms. The molecular weight excluding hydrogens is 372 g/mol. The molecule has 8 nitrogen and oxygen atoms in total. The first-order chi connectivity index (χ1) is 13.9. The van der Waals surface area contributed by atoms with Crippen molar-refractivity contribution in [2.24, 2.45) is 0 Å². The number of nitrogens with one attached hydrogen (secondary N) is 2. The molecule has 3 aliphatic rings. The van der Waals surface area contributed by atoms with Crippen LogP contribution < -0.4 is 10.6 Å². The van der Waals surface area contributed by atoms with E-state index in [4.69, 9.17) is 0 Å². The largest absolute Gasteiger partial charge is 0.313 e. The number of imide groups is 2. The van der Waals surface area contributed by atoms with Crippen LogP contribution in [0, 0.1) is 0 Å². The summed E-state index contributed by atoms with van der Waals surface area (Å²) in [6.07, 6.45) is 1.29. The van der Waals surface area contributed by atoms with Gasteiger partial charge in [0.1, 0.15) is 6.04 Å². The van der Waals surface area contributed by atoms with Crippen molar-refractivity contribution in [1.29, 1.82) is 0 Å². The van der Waals surface area contributed by atoms with E-state index >= 15 is 0 Å². The number of nitrogens with zero attached hydrogens (tertiary/aromatic N) is 2. The van der Waals surface area contributed by atoms with Crippen molar-refractivity contribution in [3.05, 3.63) is 34.9 Å². The van der Waals surface area contributed by atoms with Crippen LogP contribution in [0.5, 0.6) is 0 Å². The van der Waals surface area contributed by atoms with Crippen LogP contribution in [0.3, 0.4) is 0 Å². The highest BCUT2D eigenvalue weighted by Crippen LogP contribution is 2.31. The fourth-order valence-corrected chi connectivity index (χ4v) is 4.59. The molecule has 0 aliphatic carbocycles. The Labute approximate surface area is 169 Å². The molecule has 0 spiro atoms. The number of carbonyl (C=O) groups excluding carboxylic acids is 4. The summed E-state index contributed by atoms with van der Waals surface area (Å²) in [6, 6.07) is 5.15. The molecule has 0 radical (unpaired) electrons. The lowest BCUT2D eigenvalue weighted by Gasteiger charge is -2.28. The SMILES string of the molecule is CC1CC(C)N(Cc2cccc3c2C(=O)N(C2CCC(=O)NC2=O)C3=O)CCN1. The maximum atomic E-state index is 13.2. The summed E-state index contributed by atoms with van der Waals surface area (Å²) in [5, 5.41) is 5.71. The second-order valence-corrected chi connectivity index (χ2v) is 8.20. The van der Waals surface area contributed by atoms with Gasteiger partial charge in [0.15, 0.2) is 0 Å². The van der Waals surface area contributed by atoms with Crippen LogP contribution in [0.4, 0.5) is 0 Å². The van der Waals surface area contributed by atoms with Crippen LogP contribution in [0.1, 0.15) is 59.4 Å². The van der Waals surface area contributed by atoms with Crippen molar-refractivity contribution in [2.75, 3.05) is 13.1 Å². The third kappa shape index (κ3) is 3.58. The third-order valence-corrected chi connectivity index (χ3v) is 6.14. The van der Waals surface area contributed by atoms with Crippen molar-refractivity contribution in [3.8, 4) is 0 Å². The Balaban J connectivity index is 1.61. The summed E-state index contributed by atoms with van der Waals surface area (Å²) in [5.74, 6) is -1.86. The fraction of sp³-hybridized carbons (Fsp3) is 0.524. The molecule has 3 aliphatic heterocycles.